The minimum atomic E-state index is -1.36. The molecule has 2 aromatic carbocycles. The third-order valence-corrected chi connectivity index (χ3v) is 3.80. The van der Waals surface area contributed by atoms with Crippen molar-refractivity contribution in [1.82, 2.24) is 0 Å². The van der Waals surface area contributed by atoms with E-state index in [0.717, 1.165) is 5.56 Å². The van der Waals surface area contributed by atoms with Crippen molar-refractivity contribution in [2.45, 2.75) is 67.2 Å². The molecule has 0 spiro atoms. The maximum absolute atomic E-state index is 9.01. The molecular formula is C22H38B2O4. The molecule has 0 heterocycles. The van der Waals surface area contributed by atoms with Crippen LogP contribution in [-0.2, 0) is 0 Å². The van der Waals surface area contributed by atoms with Crippen molar-refractivity contribution < 1.29 is 20.1 Å². The van der Waals surface area contributed by atoms with Gasteiger partial charge in [-0.25, -0.2) is 0 Å². The largest absolute Gasteiger partial charge is 0.488 e. The van der Waals surface area contributed by atoms with Gasteiger partial charge in [0.25, 0.3) is 0 Å². The number of rotatable bonds is 4. The highest BCUT2D eigenvalue weighted by Crippen LogP contribution is 2.12. The molecule has 0 aliphatic heterocycles. The summed E-state index contributed by atoms with van der Waals surface area (Å²) in [5, 5.41) is 35.6. The summed E-state index contributed by atoms with van der Waals surface area (Å²) < 4.78 is 0. The molecule has 0 bridgehead atoms. The number of hydrogen-bond donors (Lipinski definition) is 4. The van der Waals surface area contributed by atoms with Crippen LogP contribution in [0, 0.1) is 0 Å². The highest BCUT2D eigenvalue weighted by Gasteiger charge is 2.16. The Morgan fingerprint density at radius 1 is 0.607 bits per heavy atom. The van der Waals surface area contributed by atoms with Crippen molar-refractivity contribution in [3.8, 4) is 0 Å². The van der Waals surface area contributed by atoms with Crippen LogP contribution >= 0.6 is 0 Å². The Labute approximate surface area is 172 Å². The molecule has 0 saturated carbocycles. The normalized spacial score (nSPS) is 9.36. The SMILES string of the molecule is CC.CC.CC(C)c1ccc(B(O)O)cc1.CC(C)c1ccccc1B(O)O. The second kappa shape index (κ2) is 16.4. The van der Waals surface area contributed by atoms with E-state index in [0.29, 0.717) is 22.8 Å². The summed E-state index contributed by atoms with van der Waals surface area (Å²) in [5.41, 5.74) is 3.35. The topological polar surface area (TPSA) is 80.9 Å². The van der Waals surface area contributed by atoms with Crippen LogP contribution in [0.2, 0.25) is 0 Å². The van der Waals surface area contributed by atoms with Crippen LogP contribution < -0.4 is 10.9 Å². The molecule has 0 aliphatic carbocycles. The lowest BCUT2D eigenvalue weighted by atomic mass is 9.74. The van der Waals surface area contributed by atoms with Gasteiger partial charge in [0.15, 0.2) is 0 Å². The number of benzene rings is 2. The van der Waals surface area contributed by atoms with E-state index in [-0.39, 0.29) is 0 Å². The molecule has 0 aliphatic rings. The molecule has 4 nitrogen and oxygen atoms in total. The van der Waals surface area contributed by atoms with Crippen LogP contribution in [0.4, 0.5) is 0 Å². The Kier molecular flexibility index (Phi) is 16.7. The fraction of sp³-hybridized carbons (Fsp3) is 0.455. The molecule has 2 aromatic rings. The van der Waals surface area contributed by atoms with Crippen molar-refractivity contribution in [3.63, 3.8) is 0 Å². The van der Waals surface area contributed by atoms with Crippen molar-refractivity contribution in [1.29, 1.82) is 0 Å². The first-order valence-corrected chi connectivity index (χ1v) is 10.1. The molecular weight excluding hydrogens is 350 g/mol. The highest BCUT2D eigenvalue weighted by molar-refractivity contribution is 6.59. The Hall–Kier alpha value is -1.59. The molecule has 0 amide bonds. The van der Waals surface area contributed by atoms with Crippen LogP contribution in [0.15, 0.2) is 48.5 Å². The summed E-state index contributed by atoms with van der Waals surface area (Å²) in [6, 6.07) is 14.7. The lowest BCUT2D eigenvalue weighted by Crippen LogP contribution is -2.33. The summed E-state index contributed by atoms with van der Waals surface area (Å²) in [5.74, 6) is 0.804. The summed E-state index contributed by atoms with van der Waals surface area (Å²) in [6.45, 7) is 16.3. The van der Waals surface area contributed by atoms with Gasteiger partial charge in [-0.2, -0.15) is 0 Å². The second-order valence-corrected chi connectivity index (χ2v) is 6.35. The first-order chi connectivity index (χ1) is 13.2. The van der Waals surface area contributed by atoms with E-state index in [1.807, 2.05) is 65.8 Å². The Bertz CT molecular complexity index is 558. The third-order valence-electron chi connectivity index (χ3n) is 3.80. The Morgan fingerprint density at radius 2 is 1.07 bits per heavy atom. The molecule has 0 aromatic heterocycles. The predicted molar refractivity (Wildman–Crippen MR) is 123 cm³/mol. The van der Waals surface area contributed by atoms with Gasteiger partial charge in [-0.05, 0) is 33.9 Å². The van der Waals surface area contributed by atoms with E-state index in [1.54, 1.807) is 24.3 Å². The lowest BCUT2D eigenvalue weighted by molar-refractivity contribution is 0.424. The van der Waals surface area contributed by atoms with Gasteiger partial charge >= 0.3 is 14.2 Å². The van der Waals surface area contributed by atoms with Gasteiger partial charge in [0, 0.05) is 0 Å². The predicted octanol–water partition coefficient (Wildman–Crippen LogP) is 3.03. The first kappa shape index (κ1) is 28.6. The fourth-order valence-corrected chi connectivity index (χ4v) is 2.32. The van der Waals surface area contributed by atoms with Gasteiger partial charge in [0.05, 0.1) is 0 Å². The van der Waals surface area contributed by atoms with Crippen molar-refractivity contribution in [2.24, 2.45) is 0 Å². The van der Waals surface area contributed by atoms with E-state index < -0.39 is 14.2 Å². The third kappa shape index (κ3) is 10.7. The molecule has 0 unspecified atom stereocenters. The molecule has 0 atom stereocenters. The molecule has 28 heavy (non-hydrogen) atoms. The average molecular weight is 388 g/mol. The van der Waals surface area contributed by atoms with Crippen LogP contribution in [0.25, 0.3) is 0 Å². The summed E-state index contributed by atoms with van der Waals surface area (Å²) >= 11 is 0. The van der Waals surface area contributed by atoms with Gasteiger partial charge in [-0.15, -0.1) is 0 Å². The fourth-order valence-electron chi connectivity index (χ4n) is 2.32. The van der Waals surface area contributed by atoms with Gasteiger partial charge in [-0.1, -0.05) is 104 Å². The van der Waals surface area contributed by atoms with Gasteiger partial charge in [0.2, 0.25) is 0 Å². The van der Waals surface area contributed by atoms with E-state index in [4.69, 9.17) is 20.1 Å². The monoisotopic (exact) mass is 388 g/mol. The quantitative estimate of drug-likeness (QED) is 0.607. The van der Waals surface area contributed by atoms with E-state index in [9.17, 15) is 0 Å². The van der Waals surface area contributed by atoms with Crippen LogP contribution in [0.5, 0.6) is 0 Å². The van der Waals surface area contributed by atoms with E-state index in [1.165, 1.54) is 5.56 Å². The first-order valence-electron chi connectivity index (χ1n) is 10.1. The molecule has 6 heteroatoms. The second-order valence-electron chi connectivity index (χ2n) is 6.35. The van der Waals surface area contributed by atoms with Crippen LogP contribution in [0.1, 0.15) is 78.4 Å². The molecule has 0 radical (unpaired) electrons. The van der Waals surface area contributed by atoms with Crippen molar-refractivity contribution >= 4 is 25.2 Å². The zero-order valence-electron chi connectivity index (χ0n) is 18.7. The van der Waals surface area contributed by atoms with Crippen LogP contribution in [0.3, 0.4) is 0 Å². The Balaban J connectivity index is 0. The Morgan fingerprint density at radius 3 is 1.39 bits per heavy atom. The van der Waals surface area contributed by atoms with Crippen LogP contribution in [-0.4, -0.2) is 34.3 Å². The zero-order valence-corrected chi connectivity index (χ0v) is 18.7. The minimum absolute atomic E-state index is 0.322. The highest BCUT2D eigenvalue weighted by atomic mass is 16.4. The molecule has 156 valence electrons. The lowest BCUT2D eigenvalue weighted by Gasteiger charge is -2.10. The van der Waals surface area contributed by atoms with Crippen molar-refractivity contribution in [2.75, 3.05) is 0 Å². The van der Waals surface area contributed by atoms with Crippen molar-refractivity contribution in [3.05, 3.63) is 59.7 Å². The van der Waals surface area contributed by atoms with E-state index >= 15 is 0 Å². The molecule has 0 saturated heterocycles. The van der Waals surface area contributed by atoms with E-state index in [2.05, 4.69) is 13.8 Å². The molecule has 0 fully saturated rings. The zero-order chi connectivity index (χ0) is 22.3. The maximum atomic E-state index is 9.01. The number of hydrogen-bond acceptors (Lipinski definition) is 4. The average Bonchev–Trinajstić information content (AvgIpc) is 2.71. The molecule has 2 rings (SSSR count). The summed E-state index contributed by atoms with van der Waals surface area (Å²) in [7, 11) is -2.71. The minimum Gasteiger partial charge on any atom is -0.423 e. The summed E-state index contributed by atoms with van der Waals surface area (Å²) in [6.07, 6.45) is 0. The smallest absolute Gasteiger partial charge is 0.423 e. The summed E-state index contributed by atoms with van der Waals surface area (Å²) in [4.78, 5) is 0. The maximum Gasteiger partial charge on any atom is 0.488 e. The van der Waals surface area contributed by atoms with Gasteiger partial charge in [-0.3, -0.25) is 0 Å². The standard InChI is InChI=1S/2C9H13BO2.2C2H6/c1-7(2)8-3-5-9(6-4-8)10(11)12;1-7(2)8-5-3-4-6-9(8)10(11)12;2*1-2/h2*3-7,11-12H,1-2H3;2*1-2H3. The van der Waals surface area contributed by atoms with Gasteiger partial charge in [0.1, 0.15) is 0 Å². The molecule has 4 N–H and O–H groups in total. The van der Waals surface area contributed by atoms with Gasteiger partial charge < -0.3 is 20.1 Å².